The molecule has 4 aliphatic rings. The molecule has 0 aromatic heterocycles. The molecular formula is C21H26N2O2. The quantitative estimate of drug-likeness (QED) is 0.821. The van der Waals surface area contributed by atoms with Gasteiger partial charge >= 0.3 is 0 Å². The SMILES string of the molecule is CCN(C(=O)COc1ccccc1C#N)C12CC3CC(CC(C3)C1)C2. The van der Waals surface area contributed by atoms with Crippen molar-refractivity contribution in [3.8, 4) is 11.8 Å². The number of hydrogen-bond acceptors (Lipinski definition) is 3. The molecule has 4 saturated carbocycles. The Morgan fingerprint density at radius 1 is 1.20 bits per heavy atom. The molecule has 0 atom stereocenters. The first-order chi connectivity index (χ1) is 12.1. The number of hydrogen-bond donors (Lipinski definition) is 0. The third-order valence-corrected chi connectivity index (χ3v) is 6.55. The van der Waals surface area contributed by atoms with Crippen LogP contribution in [-0.2, 0) is 4.79 Å². The van der Waals surface area contributed by atoms with Crippen molar-refractivity contribution in [3.05, 3.63) is 29.8 Å². The largest absolute Gasteiger partial charge is 0.482 e. The molecule has 4 fully saturated rings. The van der Waals surface area contributed by atoms with E-state index in [9.17, 15) is 4.79 Å². The lowest BCUT2D eigenvalue weighted by Crippen LogP contribution is -2.62. The van der Waals surface area contributed by atoms with E-state index in [-0.39, 0.29) is 18.1 Å². The number of amides is 1. The Kier molecular flexibility index (Phi) is 4.19. The van der Waals surface area contributed by atoms with E-state index in [0.717, 1.165) is 24.3 Å². The van der Waals surface area contributed by atoms with Gasteiger partial charge in [0.2, 0.25) is 0 Å². The number of rotatable bonds is 5. The summed E-state index contributed by atoms with van der Waals surface area (Å²) in [5.41, 5.74) is 0.548. The highest BCUT2D eigenvalue weighted by Gasteiger charge is 2.54. The van der Waals surface area contributed by atoms with Gasteiger partial charge in [-0.3, -0.25) is 4.79 Å². The standard InChI is InChI=1S/C21H26N2O2/c1-2-23(20(24)14-25-19-6-4-3-5-18(19)13-22)21-10-15-7-16(11-21)9-17(8-15)12-21/h3-6,15-17H,2,7-12,14H2,1H3. The van der Waals surface area contributed by atoms with Gasteiger partial charge in [0.05, 0.1) is 5.56 Å². The topological polar surface area (TPSA) is 53.3 Å². The maximum absolute atomic E-state index is 13.0. The smallest absolute Gasteiger partial charge is 0.260 e. The minimum absolute atomic E-state index is 0.0221. The van der Waals surface area contributed by atoms with Crippen LogP contribution in [0.25, 0.3) is 0 Å². The first-order valence-corrected chi connectivity index (χ1v) is 9.56. The zero-order valence-electron chi connectivity index (χ0n) is 14.9. The highest BCUT2D eigenvalue weighted by Crippen LogP contribution is 2.57. The van der Waals surface area contributed by atoms with E-state index in [0.29, 0.717) is 11.3 Å². The van der Waals surface area contributed by atoms with Gasteiger partial charge in [-0.25, -0.2) is 0 Å². The van der Waals surface area contributed by atoms with Gasteiger partial charge in [-0.15, -0.1) is 0 Å². The molecule has 0 N–H and O–H groups in total. The fraction of sp³-hybridized carbons (Fsp3) is 0.619. The summed E-state index contributed by atoms with van der Waals surface area (Å²) in [7, 11) is 0. The first-order valence-electron chi connectivity index (χ1n) is 9.56. The van der Waals surface area contributed by atoms with Crippen LogP contribution in [0, 0.1) is 29.1 Å². The summed E-state index contributed by atoms with van der Waals surface area (Å²) in [6, 6.07) is 9.23. The fourth-order valence-corrected chi connectivity index (χ4v) is 6.07. The summed E-state index contributed by atoms with van der Waals surface area (Å²) in [4.78, 5) is 15.1. The zero-order chi connectivity index (χ0) is 17.4. The zero-order valence-corrected chi connectivity index (χ0v) is 14.9. The predicted molar refractivity (Wildman–Crippen MR) is 94.9 cm³/mol. The molecular weight excluding hydrogens is 312 g/mol. The molecule has 25 heavy (non-hydrogen) atoms. The molecule has 0 radical (unpaired) electrons. The maximum Gasteiger partial charge on any atom is 0.260 e. The molecule has 0 saturated heterocycles. The molecule has 1 aromatic rings. The summed E-state index contributed by atoms with van der Waals surface area (Å²) in [6.07, 6.45) is 7.64. The van der Waals surface area contributed by atoms with Gasteiger partial charge in [-0.05, 0) is 75.3 Å². The van der Waals surface area contributed by atoms with Crippen LogP contribution in [0.1, 0.15) is 51.0 Å². The van der Waals surface area contributed by atoms with Gasteiger partial charge in [0.15, 0.2) is 6.61 Å². The average Bonchev–Trinajstić information content (AvgIpc) is 2.59. The summed E-state index contributed by atoms with van der Waals surface area (Å²) in [6.45, 7) is 2.85. The number of carbonyl (C=O) groups excluding carboxylic acids is 1. The molecule has 0 aliphatic heterocycles. The highest BCUT2D eigenvalue weighted by atomic mass is 16.5. The van der Waals surface area contributed by atoms with Crippen LogP contribution in [0.15, 0.2) is 24.3 Å². The van der Waals surface area contributed by atoms with Gasteiger partial charge in [-0.2, -0.15) is 5.26 Å². The summed E-state index contributed by atoms with van der Waals surface area (Å²) in [5.74, 6) is 3.01. The van der Waals surface area contributed by atoms with Crippen LogP contribution >= 0.6 is 0 Å². The summed E-state index contributed by atoms with van der Waals surface area (Å²) < 4.78 is 5.72. The van der Waals surface area contributed by atoms with Gasteiger partial charge in [0.1, 0.15) is 11.8 Å². The average molecular weight is 338 g/mol. The van der Waals surface area contributed by atoms with Crippen molar-refractivity contribution in [3.63, 3.8) is 0 Å². The third-order valence-electron chi connectivity index (χ3n) is 6.55. The lowest BCUT2D eigenvalue weighted by atomic mass is 9.52. The summed E-state index contributed by atoms with van der Waals surface area (Å²) >= 11 is 0. The van der Waals surface area contributed by atoms with E-state index >= 15 is 0 Å². The number of nitriles is 1. The molecule has 4 heteroatoms. The molecule has 0 unspecified atom stereocenters. The van der Waals surface area contributed by atoms with E-state index in [1.54, 1.807) is 18.2 Å². The van der Waals surface area contributed by atoms with Crippen molar-refractivity contribution in [2.75, 3.05) is 13.2 Å². The summed E-state index contributed by atoms with van der Waals surface area (Å²) in [5, 5.41) is 9.17. The maximum atomic E-state index is 13.0. The van der Waals surface area contributed by atoms with Crippen LogP contribution in [0.5, 0.6) is 5.75 Å². The van der Waals surface area contributed by atoms with E-state index in [1.807, 2.05) is 6.07 Å². The molecule has 5 rings (SSSR count). The lowest BCUT2D eigenvalue weighted by molar-refractivity contribution is -0.152. The van der Waals surface area contributed by atoms with Crippen LogP contribution in [0.4, 0.5) is 0 Å². The molecule has 1 aromatic carbocycles. The van der Waals surface area contributed by atoms with Crippen molar-refractivity contribution in [2.45, 2.75) is 51.0 Å². The second-order valence-electron chi connectivity index (χ2n) is 8.18. The van der Waals surface area contributed by atoms with Gasteiger partial charge in [0.25, 0.3) is 5.91 Å². The Balaban J connectivity index is 1.48. The van der Waals surface area contributed by atoms with Crippen molar-refractivity contribution in [1.29, 1.82) is 5.26 Å². The third kappa shape index (κ3) is 2.90. The number of para-hydroxylation sites is 1. The minimum atomic E-state index is 0.0221. The highest BCUT2D eigenvalue weighted by molar-refractivity contribution is 5.79. The number of likely N-dealkylation sites (N-methyl/N-ethyl adjacent to an activating group) is 1. The Morgan fingerprint density at radius 3 is 2.36 bits per heavy atom. The molecule has 0 spiro atoms. The van der Waals surface area contributed by atoms with Crippen molar-refractivity contribution in [1.82, 2.24) is 4.90 Å². The van der Waals surface area contributed by atoms with Crippen molar-refractivity contribution >= 4 is 5.91 Å². The van der Waals surface area contributed by atoms with E-state index < -0.39 is 0 Å². The molecule has 4 aliphatic carbocycles. The normalized spacial score (nSPS) is 32.2. The number of benzene rings is 1. The Labute approximate surface area is 149 Å². The van der Waals surface area contributed by atoms with Gasteiger partial charge in [-0.1, -0.05) is 12.1 Å². The minimum Gasteiger partial charge on any atom is -0.482 e. The fourth-order valence-electron chi connectivity index (χ4n) is 6.07. The van der Waals surface area contributed by atoms with Crippen molar-refractivity contribution in [2.24, 2.45) is 17.8 Å². The van der Waals surface area contributed by atoms with E-state index in [1.165, 1.54) is 38.5 Å². The first kappa shape index (κ1) is 16.4. The Bertz CT molecular complexity index is 671. The van der Waals surface area contributed by atoms with Gasteiger partial charge < -0.3 is 9.64 Å². The van der Waals surface area contributed by atoms with Crippen LogP contribution < -0.4 is 4.74 Å². The molecule has 4 nitrogen and oxygen atoms in total. The predicted octanol–water partition coefficient (Wildman–Crippen LogP) is 3.75. The van der Waals surface area contributed by atoms with Crippen molar-refractivity contribution < 1.29 is 9.53 Å². The number of carbonyl (C=O) groups is 1. The molecule has 132 valence electrons. The van der Waals surface area contributed by atoms with Crippen LogP contribution in [0.3, 0.4) is 0 Å². The van der Waals surface area contributed by atoms with Crippen LogP contribution in [-0.4, -0.2) is 29.5 Å². The molecule has 0 heterocycles. The number of ether oxygens (including phenoxy) is 1. The second-order valence-corrected chi connectivity index (χ2v) is 8.18. The second kappa shape index (κ2) is 6.37. The molecule has 1 amide bonds. The van der Waals surface area contributed by atoms with Gasteiger partial charge in [0, 0.05) is 12.1 Å². The Hall–Kier alpha value is -2.02. The molecule has 4 bridgehead atoms. The monoisotopic (exact) mass is 338 g/mol. The van der Waals surface area contributed by atoms with E-state index in [2.05, 4.69) is 17.9 Å². The lowest BCUT2D eigenvalue weighted by Gasteiger charge is -2.60. The van der Waals surface area contributed by atoms with Crippen LogP contribution in [0.2, 0.25) is 0 Å². The Morgan fingerprint density at radius 2 is 1.80 bits per heavy atom. The van der Waals surface area contributed by atoms with E-state index in [4.69, 9.17) is 10.00 Å². The number of nitrogens with zero attached hydrogens (tertiary/aromatic N) is 2.